The Labute approximate surface area is 119 Å². The number of amides is 2. The zero-order valence-electron chi connectivity index (χ0n) is 11.4. The number of carbonyl (C=O) groups excluding carboxylic acids is 2. The molecule has 9 heteroatoms. The minimum atomic E-state index is -5.05. The summed E-state index contributed by atoms with van der Waals surface area (Å²) in [6.07, 6.45) is -4.56. The van der Waals surface area contributed by atoms with Gasteiger partial charge in [-0.25, -0.2) is 0 Å². The van der Waals surface area contributed by atoms with Gasteiger partial charge in [0.15, 0.2) is 0 Å². The van der Waals surface area contributed by atoms with Crippen molar-refractivity contribution in [3.8, 4) is 0 Å². The van der Waals surface area contributed by atoms with Crippen LogP contribution in [0.4, 0.5) is 13.2 Å². The van der Waals surface area contributed by atoms with Crippen LogP contribution >= 0.6 is 0 Å². The van der Waals surface area contributed by atoms with Gasteiger partial charge in [-0.15, -0.1) is 0 Å². The van der Waals surface area contributed by atoms with Crippen LogP contribution in [0.5, 0.6) is 0 Å². The second-order valence-corrected chi connectivity index (χ2v) is 4.96. The van der Waals surface area contributed by atoms with Crippen molar-refractivity contribution in [2.45, 2.75) is 37.9 Å². The maximum absolute atomic E-state index is 12.6. The van der Waals surface area contributed by atoms with E-state index in [1.807, 2.05) is 0 Å². The summed E-state index contributed by atoms with van der Waals surface area (Å²) in [5.74, 6) is -4.11. The van der Waals surface area contributed by atoms with E-state index in [9.17, 15) is 27.6 Å². The second-order valence-electron chi connectivity index (χ2n) is 4.96. The largest absolute Gasteiger partial charge is 0.481 e. The van der Waals surface area contributed by atoms with E-state index in [0.717, 1.165) is 0 Å². The van der Waals surface area contributed by atoms with Crippen molar-refractivity contribution in [2.24, 2.45) is 5.92 Å². The fourth-order valence-corrected chi connectivity index (χ4v) is 2.44. The standard InChI is InChI=1S/C12H17F3N2O4/c1-16-10(20)8-4-2-7(3-5-9(18)19)6-17(8)11(21)12(13,14)15/h7-8H,2-6H2,1H3,(H,16,20)(H,18,19). The number of rotatable bonds is 4. The number of halogens is 3. The second kappa shape index (κ2) is 6.77. The predicted octanol–water partition coefficient (Wildman–Crippen LogP) is 0.767. The monoisotopic (exact) mass is 310 g/mol. The van der Waals surface area contributed by atoms with E-state index in [4.69, 9.17) is 5.11 Å². The van der Waals surface area contributed by atoms with Crippen LogP contribution in [0.25, 0.3) is 0 Å². The first kappa shape index (κ1) is 17.3. The van der Waals surface area contributed by atoms with Crippen LogP contribution in [-0.4, -0.2) is 53.6 Å². The summed E-state index contributed by atoms with van der Waals surface area (Å²) in [4.78, 5) is 34.1. The van der Waals surface area contributed by atoms with Gasteiger partial charge in [0.1, 0.15) is 6.04 Å². The first-order valence-electron chi connectivity index (χ1n) is 6.48. The summed E-state index contributed by atoms with van der Waals surface area (Å²) in [5, 5.41) is 10.8. The number of hydrogen-bond donors (Lipinski definition) is 2. The Hall–Kier alpha value is -1.80. The van der Waals surface area contributed by atoms with Gasteiger partial charge in [-0.05, 0) is 25.2 Å². The molecule has 0 radical (unpaired) electrons. The Balaban J connectivity index is 2.84. The SMILES string of the molecule is CNC(=O)C1CCC(CCC(=O)O)CN1C(=O)C(F)(F)F. The number of alkyl halides is 3. The molecule has 1 rings (SSSR count). The molecule has 1 aliphatic heterocycles. The molecule has 21 heavy (non-hydrogen) atoms. The van der Waals surface area contributed by atoms with E-state index in [2.05, 4.69) is 5.32 Å². The zero-order chi connectivity index (χ0) is 16.2. The highest BCUT2D eigenvalue weighted by atomic mass is 19.4. The highest BCUT2D eigenvalue weighted by molar-refractivity contribution is 5.90. The number of nitrogens with one attached hydrogen (secondary N) is 1. The predicted molar refractivity (Wildman–Crippen MR) is 65.2 cm³/mol. The third kappa shape index (κ3) is 4.61. The third-order valence-electron chi connectivity index (χ3n) is 3.50. The van der Waals surface area contributed by atoms with Gasteiger partial charge in [0, 0.05) is 20.0 Å². The number of carboxylic acid groups (broad SMARTS) is 1. The molecule has 1 aliphatic rings. The zero-order valence-corrected chi connectivity index (χ0v) is 11.4. The molecule has 2 N–H and O–H groups in total. The van der Waals surface area contributed by atoms with Gasteiger partial charge in [0.05, 0.1) is 0 Å². The average molecular weight is 310 g/mol. The maximum Gasteiger partial charge on any atom is 0.471 e. The highest BCUT2D eigenvalue weighted by Gasteiger charge is 2.47. The molecule has 0 aromatic rings. The molecule has 6 nitrogen and oxygen atoms in total. The quantitative estimate of drug-likeness (QED) is 0.803. The number of carbonyl (C=O) groups is 3. The van der Waals surface area contributed by atoms with Gasteiger partial charge in [-0.2, -0.15) is 13.2 Å². The van der Waals surface area contributed by atoms with E-state index in [1.54, 1.807) is 0 Å². The minimum Gasteiger partial charge on any atom is -0.481 e. The number of carboxylic acids is 1. The van der Waals surface area contributed by atoms with Crippen LogP contribution in [0.1, 0.15) is 25.7 Å². The van der Waals surface area contributed by atoms with Crippen LogP contribution in [0.3, 0.4) is 0 Å². The third-order valence-corrected chi connectivity index (χ3v) is 3.50. The molecule has 0 bridgehead atoms. The van der Waals surface area contributed by atoms with Crippen molar-refractivity contribution < 1.29 is 32.7 Å². The summed E-state index contributed by atoms with van der Waals surface area (Å²) in [7, 11) is 1.29. The molecule has 2 amide bonds. The molecule has 0 aliphatic carbocycles. The number of aliphatic carboxylic acids is 1. The van der Waals surface area contributed by atoms with Crippen molar-refractivity contribution in [1.82, 2.24) is 10.2 Å². The summed E-state index contributed by atoms with van der Waals surface area (Å²) in [6.45, 7) is -0.260. The van der Waals surface area contributed by atoms with Gasteiger partial charge in [-0.1, -0.05) is 0 Å². The van der Waals surface area contributed by atoms with Crippen LogP contribution in [0.2, 0.25) is 0 Å². The molecular formula is C12H17F3N2O4. The Bertz CT molecular complexity index is 425. The Morgan fingerprint density at radius 2 is 1.90 bits per heavy atom. The van der Waals surface area contributed by atoms with Crippen molar-refractivity contribution in [3.63, 3.8) is 0 Å². The van der Waals surface area contributed by atoms with Crippen molar-refractivity contribution in [1.29, 1.82) is 0 Å². The first-order chi connectivity index (χ1) is 9.66. The van der Waals surface area contributed by atoms with Gasteiger partial charge in [-0.3, -0.25) is 14.4 Å². The van der Waals surface area contributed by atoms with Crippen LogP contribution in [0, 0.1) is 5.92 Å². The molecule has 1 saturated heterocycles. The lowest BCUT2D eigenvalue weighted by Gasteiger charge is -2.38. The highest BCUT2D eigenvalue weighted by Crippen LogP contribution is 2.29. The number of likely N-dealkylation sites (N-methyl/N-ethyl adjacent to an activating group) is 1. The van der Waals surface area contributed by atoms with E-state index < -0.39 is 30.0 Å². The summed E-state index contributed by atoms with van der Waals surface area (Å²) in [5.41, 5.74) is 0. The number of nitrogens with zero attached hydrogens (tertiary/aromatic N) is 1. The van der Waals surface area contributed by atoms with Gasteiger partial charge in [0.25, 0.3) is 0 Å². The van der Waals surface area contributed by atoms with Crippen LogP contribution in [0.15, 0.2) is 0 Å². The Morgan fingerprint density at radius 3 is 2.38 bits per heavy atom. The lowest BCUT2D eigenvalue weighted by Crippen LogP contribution is -2.56. The molecule has 0 aromatic heterocycles. The van der Waals surface area contributed by atoms with Gasteiger partial charge >= 0.3 is 18.1 Å². The van der Waals surface area contributed by atoms with Crippen molar-refractivity contribution in [3.05, 3.63) is 0 Å². The average Bonchev–Trinajstić information content (AvgIpc) is 2.42. The molecular weight excluding hydrogens is 293 g/mol. The molecule has 120 valence electrons. The lowest BCUT2D eigenvalue weighted by molar-refractivity contribution is -0.190. The number of hydrogen-bond acceptors (Lipinski definition) is 3. The summed E-state index contributed by atoms with van der Waals surface area (Å²) < 4.78 is 37.8. The van der Waals surface area contributed by atoms with E-state index >= 15 is 0 Å². The topological polar surface area (TPSA) is 86.7 Å². The molecule has 1 fully saturated rings. The summed E-state index contributed by atoms with van der Waals surface area (Å²) >= 11 is 0. The molecule has 2 atom stereocenters. The smallest absolute Gasteiger partial charge is 0.471 e. The number of piperidine rings is 1. The van der Waals surface area contributed by atoms with Crippen molar-refractivity contribution >= 4 is 17.8 Å². The van der Waals surface area contributed by atoms with Crippen LogP contribution in [-0.2, 0) is 14.4 Å². The molecule has 2 unspecified atom stereocenters. The molecule has 0 spiro atoms. The molecule has 0 saturated carbocycles. The number of likely N-dealkylation sites (tertiary alicyclic amines) is 1. The van der Waals surface area contributed by atoms with E-state index in [1.165, 1.54) is 7.05 Å². The normalized spacial score (nSPS) is 22.8. The molecule has 0 aromatic carbocycles. The lowest BCUT2D eigenvalue weighted by atomic mass is 9.89. The fourth-order valence-electron chi connectivity index (χ4n) is 2.44. The van der Waals surface area contributed by atoms with Crippen molar-refractivity contribution in [2.75, 3.05) is 13.6 Å². The molecule has 1 heterocycles. The van der Waals surface area contributed by atoms with E-state index in [-0.39, 0.29) is 31.7 Å². The van der Waals surface area contributed by atoms with E-state index in [0.29, 0.717) is 11.3 Å². The Morgan fingerprint density at radius 1 is 1.29 bits per heavy atom. The maximum atomic E-state index is 12.6. The minimum absolute atomic E-state index is 0.0891. The first-order valence-corrected chi connectivity index (χ1v) is 6.48. The van der Waals surface area contributed by atoms with Gasteiger partial charge in [0.2, 0.25) is 5.91 Å². The van der Waals surface area contributed by atoms with Crippen LogP contribution < -0.4 is 5.32 Å². The Kier molecular flexibility index (Phi) is 5.56. The van der Waals surface area contributed by atoms with Gasteiger partial charge < -0.3 is 15.3 Å². The summed E-state index contributed by atoms with van der Waals surface area (Å²) in [6, 6.07) is -1.16. The fraction of sp³-hybridized carbons (Fsp3) is 0.750.